The summed E-state index contributed by atoms with van der Waals surface area (Å²) < 4.78 is 1.83. The summed E-state index contributed by atoms with van der Waals surface area (Å²) >= 11 is 0. The van der Waals surface area contributed by atoms with Crippen molar-refractivity contribution in [2.24, 2.45) is 0 Å². The first-order chi connectivity index (χ1) is 13.3. The third kappa shape index (κ3) is 5.00. The van der Waals surface area contributed by atoms with Gasteiger partial charge in [0.2, 0.25) is 5.91 Å². The van der Waals surface area contributed by atoms with E-state index in [1.54, 1.807) is 0 Å². The Morgan fingerprint density at radius 1 is 1.21 bits per heavy atom. The minimum absolute atomic E-state index is 0.00497. The molecule has 150 valence electrons. The number of amides is 2. The second-order valence-electron chi connectivity index (χ2n) is 8.49. The Labute approximate surface area is 166 Å². The average Bonchev–Trinajstić information content (AvgIpc) is 3.37. The van der Waals surface area contributed by atoms with Gasteiger partial charge in [-0.3, -0.25) is 14.3 Å². The lowest BCUT2D eigenvalue weighted by Gasteiger charge is -2.22. The van der Waals surface area contributed by atoms with Crippen LogP contribution in [0.1, 0.15) is 81.0 Å². The molecule has 1 aromatic carbocycles. The Hall–Kier alpha value is -2.63. The van der Waals surface area contributed by atoms with E-state index in [1.807, 2.05) is 41.9 Å². The van der Waals surface area contributed by atoms with Crippen molar-refractivity contribution in [3.05, 3.63) is 47.3 Å². The SMILES string of the molecule is CCCC(=O)Nc1cccc(CNC(=O)c2cc(C3CC3)nn2C(C)(C)C)c1. The van der Waals surface area contributed by atoms with E-state index in [2.05, 4.69) is 31.4 Å². The van der Waals surface area contributed by atoms with E-state index in [4.69, 9.17) is 5.10 Å². The number of benzene rings is 1. The molecule has 0 saturated heterocycles. The molecule has 0 bridgehead atoms. The van der Waals surface area contributed by atoms with Crippen LogP contribution in [0, 0.1) is 0 Å². The maximum absolute atomic E-state index is 12.8. The molecule has 6 heteroatoms. The highest BCUT2D eigenvalue weighted by Gasteiger charge is 2.31. The molecule has 0 spiro atoms. The molecule has 1 aliphatic rings. The number of rotatable bonds is 7. The molecule has 1 saturated carbocycles. The number of carbonyl (C=O) groups is 2. The quantitative estimate of drug-likeness (QED) is 0.754. The molecule has 0 aliphatic heterocycles. The fourth-order valence-corrected chi connectivity index (χ4v) is 3.13. The van der Waals surface area contributed by atoms with Crippen molar-refractivity contribution < 1.29 is 9.59 Å². The highest BCUT2D eigenvalue weighted by molar-refractivity contribution is 5.93. The van der Waals surface area contributed by atoms with E-state index < -0.39 is 0 Å². The van der Waals surface area contributed by atoms with Crippen molar-refractivity contribution >= 4 is 17.5 Å². The third-order valence-electron chi connectivity index (χ3n) is 4.73. The minimum Gasteiger partial charge on any atom is -0.347 e. The number of nitrogens with zero attached hydrogens (tertiary/aromatic N) is 2. The van der Waals surface area contributed by atoms with Gasteiger partial charge in [0.05, 0.1) is 11.2 Å². The van der Waals surface area contributed by atoms with Gasteiger partial charge in [-0.2, -0.15) is 5.10 Å². The Morgan fingerprint density at radius 3 is 2.61 bits per heavy atom. The van der Waals surface area contributed by atoms with Gasteiger partial charge in [-0.25, -0.2) is 0 Å². The number of carbonyl (C=O) groups excluding carboxylic acids is 2. The van der Waals surface area contributed by atoms with E-state index in [9.17, 15) is 9.59 Å². The minimum atomic E-state index is -0.261. The van der Waals surface area contributed by atoms with Gasteiger partial charge in [-0.15, -0.1) is 0 Å². The van der Waals surface area contributed by atoms with Crippen LogP contribution in [0.25, 0.3) is 0 Å². The van der Waals surface area contributed by atoms with Gasteiger partial charge in [-0.05, 0) is 63.8 Å². The normalized spacial score (nSPS) is 14.0. The van der Waals surface area contributed by atoms with Crippen LogP contribution in [0.4, 0.5) is 5.69 Å². The number of hydrogen-bond acceptors (Lipinski definition) is 3. The van der Waals surface area contributed by atoms with Crippen LogP contribution in [-0.2, 0) is 16.9 Å². The highest BCUT2D eigenvalue weighted by Crippen LogP contribution is 2.40. The van der Waals surface area contributed by atoms with Gasteiger partial charge in [0, 0.05) is 24.6 Å². The summed E-state index contributed by atoms with van der Waals surface area (Å²) in [6.45, 7) is 8.52. The van der Waals surface area contributed by atoms with Crippen molar-refractivity contribution in [1.82, 2.24) is 15.1 Å². The molecule has 6 nitrogen and oxygen atoms in total. The topological polar surface area (TPSA) is 76.0 Å². The molecule has 3 rings (SSSR count). The van der Waals surface area contributed by atoms with Gasteiger partial charge in [0.1, 0.15) is 5.69 Å². The first-order valence-electron chi connectivity index (χ1n) is 10.1. The first-order valence-corrected chi connectivity index (χ1v) is 10.1. The van der Waals surface area contributed by atoms with Gasteiger partial charge in [-0.1, -0.05) is 19.1 Å². The standard InChI is InChI=1S/C22H30N4O2/c1-5-7-20(27)24-17-9-6-8-15(12-17)14-23-21(28)19-13-18(16-10-11-16)25-26(19)22(2,3)4/h6,8-9,12-13,16H,5,7,10-11,14H2,1-4H3,(H,23,28)(H,24,27). The van der Waals surface area contributed by atoms with Crippen LogP contribution < -0.4 is 10.6 Å². The van der Waals surface area contributed by atoms with E-state index >= 15 is 0 Å². The van der Waals surface area contributed by atoms with E-state index in [1.165, 1.54) is 0 Å². The molecule has 1 heterocycles. The van der Waals surface area contributed by atoms with Gasteiger partial charge in [0.15, 0.2) is 0 Å². The van der Waals surface area contributed by atoms with Gasteiger partial charge >= 0.3 is 0 Å². The molecule has 28 heavy (non-hydrogen) atoms. The Morgan fingerprint density at radius 2 is 1.96 bits per heavy atom. The first kappa shape index (κ1) is 20.1. The van der Waals surface area contributed by atoms with Gasteiger partial charge in [0.25, 0.3) is 5.91 Å². The number of nitrogens with one attached hydrogen (secondary N) is 2. The second kappa shape index (κ2) is 8.17. The van der Waals surface area contributed by atoms with Crippen molar-refractivity contribution in [3.63, 3.8) is 0 Å². The lowest BCUT2D eigenvalue weighted by Crippen LogP contribution is -2.32. The van der Waals surface area contributed by atoms with Crippen molar-refractivity contribution in [2.75, 3.05) is 5.32 Å². The maximum atomic E-state index is 12.8. The molecule has 1 aliphatic carbocycles. The molecular weight excluding hydrogens is 352 g/mol. The second-order valence-corrected chi connectivity index (χ2v) is 8.49. The predicted octanol–water partition coefficient (Wildman–Crippen LogP) is 4.18. The number of anilines is 1. The number of hydrogen-bond donors (Lipinski definition) is 2. The Balaban J connectivity index is 1.68. The molecule has 1 fully saturated rings. The van der Waals surface area contributed by atoms with Crippen molar-refractivity contribution in [1.29, 1.82) is 0 Å². The highest BCUT2D eigenvalue weighted by atomic mass is 16.2. The molecule has 0 unspecified atom stereocenters. The monoisotopic (exact) mass is 382 g/mol. The maximum Gasteiger partial charge on any atom is 0.269 e. The summed E-state index contributed by atoms with van der Waals surface area (Å²) in [5.41, 5.74) is 3.04. The predicted molar refractivity (Wildman–Crippen MR) is 110 cm³/mol. The lowest BCUT2D eigenvalue weighted by atomic mass is 10.1. The Kier molecular flexibility index (Phi) is 5.87. The smallest absolute Gasteiger partial charge is 0.269 e. The van der Waals surface area contributed by atoms with E-state index in [-0.39, 0.29) is 17.4 Å². The van der Waals surface area contributed by atoms with Crippen molar-refractivity contribution in [3.8, 4) is 0 Å². The fraction of sp³-hybridized carbons (Fsp3) is 0.500. The summed E-state index contributed by atoms with van der Waals surface area (Å²) in [7, 11) is 0. The summed E-state index contributed by atoms with van der Waals surface area (Å²) in [4.78, 5) is 24.6. The van der Waals surface area contributed by atoms with Gasteiger partial charge < -0.3 is 10.6 Å². The molecule has 2 amide bonds. The summed E-state index contributed by atoms with van der Waals surface area (Å²) in [6, 6.07) is 9.50. The van der Waals surface area contributed by atoms with Crippen LogP contribution >= 0.6 is 0 Å². The summed E-state index contributed by atoms with van der Waals surface area (Å²) in [5.74, 6) is 0.374. The molecule has 0 radical (unpaired) electrons. The zero-order valence-corrected chi connectivity index (χ0v) is 17.2. The van der Waals surface area contributed by atoms with Crippen molar-refractivity contribution in [2.45, 2.75) is 71.4 Å². The molecule has 1 aromatic heterocycles. The van der Waals surface area contributed by atoms with Crippen LogP contribution in [0.15, 0.2) is 30.3 Å². The lowest BCUT2D eigenvalue weighted by molar-refractivity contribution is -0.116. The zero-order valence-electron chi connectivity index (χ0n) is 17.2. The molecular formula is C22H30N4O2. The van der Waals surface area contributed by atoms with Crippen LogP contribution in [0.2, 0.25) is 0 Å². The summed E-state index contributed by atoms with van der Waals surface area (Å²) in [5, 5.41) is 10.6. The third-order valence-corrected chi connectivity index (χ3v) is 4.73. The van der Waals surface area contributed by atoms with Crippen LogP contribution in [-0.4, -0.2) is 21.6 Å². The fourth-order valence-electron chi connectivity index (χ4n) is 3.13. The van der Waals surface area contributed by atoms with E-state index in [0.717, 1.165) is 36.2 Å². The van der Waals surface area contributed by atoms with Crippen LogP contribution in [0.5, 0.6) is 0 Å². The van der Waals surface area contributed by atoms with Crippen LogP contribution in [0.3, 0.4) is 0 Å². The Bertz CT molecular complexity index is 860. The largest absolute Gasteiger partial charge is 0.347 e. The number of aromatic nitrogens is 2. The summed E-state index contributed by atoms with van der Waals surface area (Å²) in [6.07, 6.45) is 3.62. The molecule has 2 N–H and O–H groups in total. The average molecular weight is 383 g/mol. The van der Waals surface area contributed by atoms with E-state index in [0.29, 0.717) is 24.6 Å². The molecule has 2 aromatic rings. The zero-order chi connectivity index (χ0) is 20.3. The molecule has 0 atom stereocenters.